The number of likely N-dealkylation sites (tertiary alicyclic amines) is 1. The highest BCUT2D eigenvalue weighted by atomic mass is 19.3. The van der Waals surface area contributed by atoms with E-state index >= 15 is 0 Å². The fraction of sp³-hybridized carbons (Fsp3) is 0.423. The van der Waals surface area contributed by atoms with Crippen molar-refractivity contribution < 1.29 is 23.4 Å². The number of anilines is 1. The summed E-state index contributed by atoms with van der Waals surface area (Å²) in [6.45, 7) is 3.27. The molecule has 6 nitrogen and oxygen atoms in total. The Labute approximate surface area is 196 Å². The molecular formula is C26H29F2N3O3. The van der Waals surface area contributed by atoms with Gasteiger partial charge in [-0.25, -0.2) is 13.6 Å². The molecule has 2 heterocycles. The number of alkyl halides is 2. The molecule has 1 aliphatic heterocycles. The van der Waals surface area contributed by atoms with Crippen molar-refractivity contribution in [3.05, 3.63) is 58.8 Å². The molecule has 2 aromatic carbocycles. The van der Waals surface area contributed by atoms with Crippen LogP contribution in [-0.2, 0) is 6.54 Å². The van der Waals surface area contributed by atoms with Crippen LogP contribution in [0.15, 0.2) is 36.5 Å². The van der Waals surface area contributed by atoms with E-state index in [4.69, 9.17) is 10.5 Å². The Morgan fingerprint density at radius 1 is 1.29 bits per heavy atom. The van der Waals surface area contributed by atoms with Crippen molar-refractivity contribution >= 4 is 22.6 Å². The van der Waals surface area contributed by atoms with Crippen LogP contribution in [0, 0.1) is 12.3 Å². The number of carboxylic acid groups (broad SMARTS) is 1. The Hall–Kier alpha value is -3.13. The third-order valence-corrected chi connectivity index (χ3v) is 7.65. The van der Waals surface area contributed by atoms with Crippen molar-refractivity contribution in [1.29, 1.82) is 0 Å². The lowest BCUT2D eigenvalue weighted by atomic mass is 9.59. The third kappa shape index (κ3) is 3.79. The van der Waals surface area contributed by atoms with Crippen LogP contribution >= 0.6 is 0 Å². The number of nitrogen functional groups attached to an aromatic ring is 1. The molecule has 0 amide bonds. The number of piperidine rings is 1. The molecule has 4 N–H and O–H groups in total. The van der Waals surface area contributed by atoms with E-state index in [-0.39, 0.29) is 30.1 Å². The number of fused-ring (bicyclic) bond motifs is 1. The highest BCUT2D eigenvalue weighted by Gasteiger charge is 2.58. The van der Waals surface area contributed by atoms with Gasteiger partial charge in [-0.2, -0.15) is 0 Å². The number of methoxy groups -OCH3 is 1. The lowest BCUT2D eigenvalue weighted by Gasteiger charge is -2.54. The van der Waals surface area contributed by atoms with Gasteiger partial charge in [0.1, 0.15) is 5.75 Å². The fourth-order valence-electron chi connectivity index (χ4n) is 6.03. The second-order valence-electron chi connectivity index (χ2n) is 9.94. The van der Waals surface area contributed by atoms with Gasteiger partial charge in [-0.15, -0.1) is 0 Å². The van der Waals surface area contributed by atoms with Gasteiger partial charge in [-0.1, -0.05) is 6.07 Å². The van der Waals surface area contributed by atoms with E-state index in [2.05, 4.69) is 9.88 Å². The Balaban J connectivity index is 1.53. The van der Waals surface area contributed by atoms with E-state index in [1.807, 2.05) is 25.3 Å². The van der Waals surface area contributed by atoms with Crippen LogP contribution in [-0.4, -0.2) is 40.5 Å². The summed E-state index contributed by atoms with van der Waals surface area (Å²) >= 11 is 0. The van der Waals surface area contributed by atoms with Crippen molar-refractivity contribution in [2.24, 2.45) is 5.41 Å². The molecule has 1 spiro atoms. The summed E-state index contributed by atoms with van der Waals surface area (Å²) in [5, 5.41) is 10.4. The van der Waals surface area contributed by atoms with E-state index < -0.39 is 17.3 Å². The maximum atomic E-state index is 13.9. The van der Waals surface area contributed by atoms with Gasteiger partial charge in [-0.3, -0.25) is 4.90 Å². The number of nitrogens with zero attached hydrogens (tertiary/aromatic N) is 1. The van der Waals surface area contributed by atoms with Gasteiger partial charge >= 0.3 is 5.97 Å². The normalized spacial score (nSPS) is 21.5. The number of nitrogens with one attached hydrogen (secondary N) is 1. The molecular weight excluding hydrogens is 440 g/mol. The lowest BCUT2D eigenvalue weighted by Crippen LogP contribution is -2.53. The molecule has 34 heavy (non-hydrogen) atoms. The number of hydrogen-bond acceptors (Lipinski definition) is 4. The minimum atomic E-state index is -2.60. The maximum absolute atomic E-state index is 13.9. The molecule has 180 valence electrons. The quantitative estimate of drug-likeness (QED) is 0.428. The SMILES string of the molecule is COc1cc(C)c2[nH]ccc2c1CN1CCC2(C[C@@H]1c1ccc(C(=O)O)c(N)c1)CC(F)(F)C2. The zero-order chi connectivity index (χ0) is 24.3. The first-order valence-electron chi connectivity index (χ1n) is 11.5. The van der Waals surface area contributed by atoms with E-state index in [9.17, 15) is 18.7 Å². The van der Waals surface area contributed by atoms with Gasteiger partial charge in [-0.05, 0) is 67.1 Å². The van der Waals surface area contributed by atoms with Gasteiger partial charge in [0.15, 0.2) is 0 Å². The number of aromatic carboxylic acids is 1. The van der Waals surface area contributed by atoms with Gasteiger partial charge in [0.2, 0.25) is 5.92 Å². The number of aryl methyl sites for hydroxylation is 1. The van der Waals surface area contributed by atoms with Crippen molar-refractivity contribution in [3.63, 3.8) is 0 Å². The second kappa shape index (κ2) is 7.98. The predicted octanol–water partition coefficient (Wildman–Crippen LogP) is 5.52. The summed E-state index contributed by atoms with van der Waals surface area (Å²) < 4.78 is 33.5. The first-order valence-corrected chi connectivity index (χ1v) is 11.5. The number of halogens is 2. The molecule has 0 radical (unpaired) electrons. The fourth-order valence-corrected chi connectivity index (χ4v) is 6.03. The number of ether oxygens (including phenoxy) is 1. The maximum Gasteiger partial charge on any atom is 0.337 e. The summed E-state index contributed by atoms with van der Waals surface area (Å²) in [5.74, 6) is -2.89. The minimum absolute atomic E-state index is 0.0465. The average Bonchev–Trinajstić information content (AvgIpc) is 3.25. The highest BCUT2D eigenvalue weighted by molar-refractivity contribution is 5.93. The van der Waals surface area contributed by atoms with Crippen LogP contribution in [0.25, 0.3) is 10.9 Å². The van der Waals surface area contributed by atoms with Crippen molar-refractivity contribution in [1.82, 2.24) is 9.88 Å². The summed E-state index contributed by atoms with van der Waals surface area (Å²) in [5.41, 5.74) is 9.93. The summed E-state index contributed by atoms with van der Waals surface area (Å²) in [4.78, 5) is 17.0. The molecule has 1 saturated heterocycles. The number of nitrogens with two attached hydrogens (primary N) is 1. The number of rotatable bonds is 5. The Bertz CT molecular complexity index is 1260. The molecule has 2 fully saturated rings. The Morgan fingerprint density at radius 3 is 2.71 bits per heavy atom. The molecule has 1 aliphatic carbocycles. The van der Waals surface area contributed by atoms with Crippen molar-refractivity contribution in [3.8, 4) is 5.75 Å². The van der Waals surface area contributed by atoms with Crippen LogP contribution < -0.4 is 10.5 Å². The molecule has 2 aliphatic rings. The number of benzene rings is 2. The molecule has 3 aromatic rings. The summed E-state index contributed by atoms with van der Waals surface area (Å²) in [6, 6.07) is 8.86. The van der Waals surface area contributed by atoms with E-state index in [0.717, 1.165) is 33.3 Å². The molecule has 0 unspecified atom stereocenters. The van der Waals surface area contributed by atoms with Gasteiger partial charge in [0, 0.05) is 53.8 Å². The molecule has 1 atom stereocenters. The highest BCUT2D eigenvalue weighted by Crippen LogP contribution is 2.60. The minimum Gasteiger partial charge on any atom is -0.496 e. The lowest BCUT2D eigenvalue weighted by molar-refractivity contribution is -0.186. The molecule has 1 saturated carbocycles. The van der Waals surface area contributed by atoms with Crippen LogP contribution in [0.1, 0.15) is 58.8 Å². The Kier molecular flexibility index (Phi) is 5.31. The van der Waals surface area contributed by atoms with E-state index in [1.54, 1.807) is 19.2 Å². The third-order valence-electron chi connectivity index (χ3n) is 7.65. The first kappa shape index (κ1) is 22.7. The number of H-pyrrole nitrogens is 1. The number of hydrogen-bond donors (Lipinski definition) is 3. The molecule has 8 heteroatoms. The first-order chi connectivity index (χ1) is 16.1. The van der Waals surface area contributed by atoms with Crippen LogP contribution in [0.4, 0.5) is 14.5 Å². The second-order valence-corrected chi connectivity index (χ2v) is 9.94. The zero-order valence-corrected chi connectivity index (χ0v) is 19.3. The zero-order valence-electron chi connectivity index (χ0n) is 19.3. The van der Waals surface area contributed by atoms with E-state index in [0.29, 0.717) is 25.9 Å². The Morgan fingerprint density at radius 2 is 2.06 bits per heavy atom. The molecule has 0 bridgehead atoms. The van der Waals surface area contributed by atoms with Gasteiger partial charge in [0.25, 0.3) is 0 Å². The van der Waals surface area contributed by atoms with Crippen molar-refractivity contribution in [2.45, 2.75) is 51.1 Å². The number of carboxylic acids is 1. The number of aromatic amines is 1. The van der Waals surface area contributed by atoms with Crippen molar-refractivity contribution in [2.75, 3.05) is 19.4 Å². The molecule has 1 aromatic heterocycles. The van der Waals surface area contributed by atoms with Gasteiger partial charge in [0.05, 0.1) is 12.7 Å². The van der Waals surface area contributed by atoms with Gasteiger partial charge < -0.3 is 20.6 Å². The summed E-state index contributed by atoms with van der Waals surface area (Å²) in [6.07, 6.45) is 3.00. The topological polar surface area (TPSA) is 91.6 Å². The largest absolute Gasteiger partial charge is 0.496 e. The number of aromatic nitrogens is 1. The summed E-state index contributed by atoms with van der Waals surface area (Å²) in [7, 11) is 1.65. The van der Waals surface area contributed by atoms with Crippen LogP contribution in [0.5, 0.6) is 5.75 Å². The standard InChI is InChI=1S/C26H29F2N3O3/c1-15-9-22(34-2)19(17-5-7-30-23(15)17)12-31-8-6-25(13-26(27,28)14-25)11-21(31)16-3-4-18(24(32)33)20(29)10-16/h3-5,7,9-10,21,30H,6,8,11-14,29H2,1-2H3,(H,32,33)/t21-/m1/s1. The van der Waals surface area contributed by atoms with E-state index in [1.165, 1.54) is 6.07 Å². The smallest absolute Gasteiger partial charge is 0.337 e. The molecule has 5 rings (SSSR count). The number of carbonyl (C=O) groups is 1. The van der Waals surface area contributed by atoms with Crippen LogP contribution in [0.2, 0.25) is 0 Å². The monoisotopic (exact) mass is 469 g/mol. The van der Waals surface area contributed by atoms with Crippen LogP contribution in [0.3, 0.4) is 0 Å². The predicted molar refractivity (Wildman–Crippen MR) is 126 cm³/mol. The average molecular weight is 470 g/mol.